The number of carbonyl (C=O) groups excluding carboxylic acids is 1. The number of amides is 1. The van der Waals surface area contributed by atoms with E-state index in [-0.39, 0.29) is 0 Å². The Morgan fingerprint density at radius 2 is 2.00 bits per heavy atom. The van der Waals surface area contributed by atoms with Gasteiger partial charge in [0.05, 0.1) is 4.61 Å². The van der Waals surface area contributed by atoms with E-state index in [0.717, 1.165) is 0 Å². The first-order valence-corrected chi connectivity index (χ1v) is 4.67. The molecule has 0 aromatic carbocycles. The lowest BCUT2D eigenvalue weighted by Gasteiger charge is -2.18. The van der Waals surface area contributed by atoms with E-state index < -0.39 is 11.7 Å². The van der Waals surface area contributed by atoms with E-state index in [1.165, 1.54) is 6.20 Å². The van der Waals surface area contributed by atoms with Crippen LogP contribution < -0.4 is 10.6 Å². The van der Waals surface area contributed by atoms with Gasteiger partial charge in [-0.05, 0) is 36.7 Å². The van der Waals surface area contributed by atoms with Gasteiger partial charge in [-0.1, -0.05) is 0 Å². The van der Waals surface area contributed by atoms with Gasteiger partial charge in [0.1, 0.15) is 5.60 Å². The molecule has 4 nitrogen and oxygen atoms in total. The standard InChI is InChI=1S/C8H15BrN2O2/c1-8(2,3)13-7(12)11-5-6(9)10-4/h5,10H,1-4H3,(H,11,12)/b6-5-. The lowest BCUT2D eigenvalue weighted by atomic mass is 10.2. The molecule has 0 spiro atoms. The molecule has 5 heteroatoms. The van der Waals surface area contributed by atoms with Crippen LogP contribution in [0, 0.1) is 0 Å². The Bertz CT molecular complexity index is 209. The SMILES string of the molecule is CN/C(Br)=C\NC(=O)OC(C)(C)C. The van der Waals surface area contributed by atoms with Crippen LogP contribution in [-0.4, -0.2) is 18.7 Å². The minimum absolute atomic E-state index is 0.468. The van der Waals surface area contributed by atoms with Gasteiger partial charge in [-0.2, -0.15) is 0 Å². The van der Waals surface area contributed by atoms with E-state index in [2.05, 4.69) is 26.6 Å². The Kier molecular flexibility index (Phi) is 4.83. The fourth-order valence-electron chi connectivity index (χ4n) is 0.502. The molecule has 0 aliphatic rings. The highest BCUT2D eigenvalue weighted by atomic mass is 79.9. The maximum atomic E-state index is 11.1. The average Bonchev–Trinajstić information content (AvgIpc) is 1.97. The molecule has 1 amide bonds. The van der Waals surface area contributed by atoms with Crippen LogP contribution >= 0.6 is 15.9 Å². The van der Waals surface area contributed by atoms with Crippen molar-refractivity contribution in [2.75, 3.05) is 7.05 Å². The molecular weight excluding hydrogens is 236 g/mol. The van der Waals surface area contributed by atoms with Crippen molar-refractivity contribution < 1.29 is 9.53 Å². The lowest BCUT2D eigenvalue weighted by Crippen LogP contribution is -2.30. The van der Waals surface area contributed by atoms with Gasteiger partial charge in [-0.3, -0.25) is 5.32 Å². The average molecular weight is 251 g/mol. The molecular formula is C8H15BrN2O2. The number of halogens is 1. The van der Waals surface area contributed by atoms with Crippen molar-refractivity contribution in [3.05, 3.63) is 10.8 Å². The van der Waals surface area contributed by atoms with Crippen LogP contribution in [0.2, 0.25) is 0 Å². The van der Waals surface area contributed by atoms with Crippen LogP contribution in [0.3, 0.4) is 0 Å². The summed E-state index contributed by atoms with van der Waals surface area (Å²) in [5, 5.41) is 5.25. The highest BCUT2D eigenvalue weighted by molar-refractivity contribution is 9.11. The molecule has 0 aliphatic heterocycles. The molecule has 13 heavy (non-hydrogen) atoms. The van der Waals surface area contributed by atoms with Crippen LogP contribution in [0.15, 0.2) is 10.8 Å². The fraction of sp³-hybridized carbons (Fsp3) is 0.625. The number of nitrogens with one attached hydrogen (secondary N) is 2. The van der Waals surface area contributed by atoms with Crippen LogP contribution in [0.1, 0.15) is 20.8 Å². The van der Waals surface area contributed by atoms with Crippen LogP contribution in [0.4, 0.5) is 4.79 Å². The quantitative estimate of drug-likeness (QED) is 0.737. The summed E-state index contributed by atoms with van der Waals surface area (Å²) in [7, 11) is 1.73. The molecule has 76 valence electrons. The van der Waals surface area contributed by atoms with Crippen molar-refractivity contribution >= 4 is 22.0 Å². The molecule has 0 aliphatic carbocycles. The molecule has 0 aromatic heterocycles. The molecule has 0 heterocycles. The number of hydrogen-bond acceptors (Lipinski definition) is 3. The first-order chi connectivity index (χ1) is 5.85. The molecule has 0 rings (SSSR count). The van der Waals surface area contributed by atoms with E-state index in [1.807, 2.05) is 20.8 Å². The summed E-state index contributed by atoms with van der Waals surface area (Å²) < 4.78 is 5.67. The second-order valence-electron chi connectivity index (χ2n) is 3.39. The monoisotopic (exact) mass is 250 g/mol. The Labute approximate surface area is 86.8 Å². The van der Waals surface area contributed by atoms with Gasteiger partial charge in [0.25, 0.3) is 0 Å². The third-order valence-corrected chi connectivity index (χ3v) is 1.58. The van der Waals surface area contributed by atoms with Gasteiger partial charge in [0, 0.05) is 13.2 Å². The summed E-state index contributed by atoms with van der Waals surface area (Å²) in [5.74, 6) is 0. The van der Waals surface area contributed by atoms with Gasteiger partial charge in [0.15, 0.2) is 0 Å². The number of ether oxygens (including phenoxy) is 1. The van der Waals surface area contributed by atoms with Crippen LogP contribution in [-0.2, 0) is 4.74 Å². The van der Waals surface area contributed by atoms with Gasteiger partial charge in [-0.25, -0.2) is 4.79 Å². The fourth-order valence-corrected chi connectivity index (χ4v) is 0.616. The van der Waals surface area contributed by atoms with Crippen LogP contribution in [0.25, 0.3) is 0 Å². The minimum atomic E-state index is -0.473. The van der Waals surface area contributed by atoms with Crippen LogP contribution in [0.5, 0.6) is 0 Å². The maximum absolute atomic E-state index is 11.1. The number of rotatable bonds is 2. The number of hydrogen-bond donors (Lipinski definition) is 2. The van der Waals surface area contributed by atoms with Crippen molar-refractivity contribution in [2.24, 2.45) is 0 Å². The Hall–Kier alpha value is -0.710. The zero-order valence-electron chi connectivity index (χ0n) is 8.27. The van der Waals surface area contributed by atoms with E-state index >= 15 is 0 Å². The normalized spacial score (nSPS) is 12.2. The van der Waals surface area contributed by atoms with Gasteiger partial charge in [0.2, 0.25) is 0 Å². The third-order valence-electron chi connectivity index (χ3n) is 0.954. The Morgan fingerprint density at radius 1 is 1.46 bits per heavy atom. The van der Waals surface area contributed by atoms with Crippen molar-refractivity contribution in [3.8, 4) is 0 Å². The van der Waals surface area contributed by atoms with Gasteiger partial charge < -0.3 is 10.1 Å². The lowest BCUT2D eigenvalue weighted by molar-refractivity contribution is 0.0552. The largest absolute Gasteiger partial charge is 0.444 e. The molecule has 0 atom stereocenters. The zero-order valence-corrected chi connectivity index (χ0v) is 9.86. The molecule has 0 radical (unpaired) electrons. The molecule has 2 N–H and O–H groups in total. The summed E-state index contributed by atoms with van der Waals surface area (Å²) in [6.45, 7) is 5.43. The van der Waals surface area contributed by atoms with Gasteiger partial charge in [-0.15, -0.1) is 0 Å². The van der Waals surface area contributed by atoms with E-state index in [4.69, 9.17) is 4.74 Å². The minimum Gasteiger partial charge on any atom is -0.444 e. The number of carbonyl (C=O) groups is 1. The van der Waals surface area contributed by atoms with E-state index in [0.29, 0.717) is 4.61 Å². The summed E-state index contributed by atoms with van der Waals surface area (Å²) in [6, 6.07) is 0. The summed E-state index contributed by atoms with van der Waals surface area (Å²) in [4.78, 5) is 11.1. The second kappa shape index (κ2) is 5.11. The number of alkyl carbamates (subject to hydrolysis) is 1. The van der Waals surface area contributed by atoms with Gasteiger partial charge >= 0.3 is 6.09 Å². The van der Waals surface area contributed by atoms with Crippen molar-refractivity contribution in [1.29, 1.82) is 0 Å². The van der Waals surface area contributed by atoms with Crippen molar-refractivity contribution in [2.45, 2.75) is 26.4 Å². The predicted molar refractivity (Wildman–Crippen MR) is 55.4 cm³/mol. The molecule has 0 aromatic rings. The van der Waals surface area contributed by atoms with E-state index in [9.17, 15) is 4.79 Å². The highest BCUT2D eigenvalue weighted by Crippen LogP contribution is 2.06. The summed E-state index contributed by atoms with van der Waals surface area (Å²) in [5.41, 5.74) is -0.468. The Morgan fingerprint density at radius 3 is 2.38 bits per heavy atom. The third kappa shape index (κ3) is 7.64. The topological polar surface area (TPSA) is 50.4 Å². The molecule has 0 saturated heterocycles. The Balaban J connectivity index is 3.90. The maximum Gasteiger partial charge on any atom is 0.411 e. The van der Waals surface area contributed by atoms with Crippen molar-refractivity contribution in [1.82, 2.24) is 10.6 Å². The predicted octanol–water partition coefficient (Wildman–Crippen LogP) is 1.92. The second-order valence-corrected chi connectivity index (χ2v) is 4.24. The zero-order chi connectivity index (χ0) is 10.5. The summed E-state index contributed by atoms with van der Waals surface area (Å²) >= 11 is 3.16. The van der Waals surface area contributed by atoms with Crippen molar-refractivity contribution in [3.63, 3.8) is 0 Å². The molecule has 0 fully saturated rings. The van der Waals surface area contributed by atoms with E-state index in [1.54, 1.807) is 7.05 Å². The molecule has 0 unspecified atom stereocenters. The first-order valence-electron chi connectivity index (χ1n) is 3.88. The molecule has 0 saturated carbocycles. The smallest absolute Gasteiger partial charge is 0.411 e. The summed E-state index contributed by atoms with van der Waals surface area (Å²) in [6.07, 6.45) is 1.01. The highest BCUT2D eigenvalue weighted by Gasteiger charge is 2.14. The first kappa shape index (κ1) is 12.3. The molecule has 0 bridgehead atoms.